The molecule has 0 saturated carbocycles. The van der Waals surface area contributed by atoms with Gasteiger partial charge in [0.1, 0.15) is 5.75 Å². The summed E-state index contributed by atoms with van der Waals surface area (Å²) < 4.78 is 5.29. The van der Waals surface area contributed by atoms with Crippen LogP contribution in [0.1, 0.15) is 38.8 Å². The number of carbonyl (C=O) groups is 1. The largest absolute Gasteiger partial charge is 0.497 e. The first-order valence-corrected chi connectivity index (χ1v) is 7.30. The van der Waals surface area contributed by atoms with E-state index in [1.807, 2.05) is 25.1 Å². The van der Waals surface area contributed by atoms with Gasteiger partial charge in [-0.05, 0) is 30.8 Å². The van der Waals surface area contributed by atoms with E-state index in [1.54, 1.807) is 7.11 Å². The number of amides is 1. The number of ether oxygens (including phenoxy) is 1. The maximum atomic E-state index is 11.5. The van der Waals surface area contributed by atoms with Gasteiger partial charge in [-0.25, -0.2) is 0 Å². The van der Waals surface area contributed by atoms with Gasteiger partial charge < -0.3 is 10.1 Å². The Morgan fingerprint density at radius 1 is 1.30 bits per heavy atom. The Labute approximate surface area is 122 Å². The van der Waals surface area contributed by atoms with E-state index in [9.17, 15) is 4.79 Å². The van der Waals surface area contributed by atoms with Crippen molar-refractivity contribution < 1.29 is 9.53 Å². The summed E-state index contributed by atoms with van der Waals surface area (Å²) in [6.45, 7) is 8.66. The Kier molecular flexibility index (Phi) is 7.09. The Morgan fingerprint density at radius 2 is 2.00 bits per heavy atom. The Bertz CT molecular complexity index is 417. The molecule has 0 aliphatic rings. The van der Waals surface area contributed by atoms with Crippen molar-refractivity contribution in [2.45, 2.75) is 33.2 Å². The smallest absolute Gasteiger partial charge is 0.219 e. The lowest BCUT2D eigenvalue weighted by Gasteiger charge is -2.30. The molecule has 0 fully saturated rings. The van der Waals surface area contributed by atoms with E-state index in [2.05, 4.69) is 30.1 Å². The minimum atomic E-state index is 0.0880. The van der Waals surface area contributed by atoms with Gasteiger partial charge >= 0.3 is 0 Å². The summed E-state index contributed by atoms with van der Waals surface area (Å²) in [5.74, 6) is 0.937. The first kappa shape index (κ1) is 16.5. The van der Waals surface area contributed by atoms with Crippen molar-refractivity contribution in [3.63, 3.8) is 0 Å². The summed E-state index contributed by atoms with van der Waals surface area (Å²) >= 11 is 0. The quantitative estimate of drug-likeness (QED) is 0.794. The van der Waals surface area contributed by atoms with Gasteiger partial charge in [-0.3, -0.25) is 9.69 Å². The van der Waals surface area contributed by atoms with Gasteiger partial charge in [0.25, 0.3) is 0 Å². The molecule has 0 aliphatic heterocycles. The second kappa shape index (κ2) is 8.59. The Morgan fingerprint density at radius 3 is 2.55 bits per heavy atom. The predicted molar refractivity (Wildman–Crippen MR) is 82.0 cm³/mol. The van der Waals surface area contributed by atoms with E-state index in [4.69, 9.17) is 4.74 Å². The lowest BCUT2D eigenvalue weighted by Crippen LogP contribution is -2.37. The fraction of sp³-hybridized carbons (Fsp3) is 0.562. The topological polar surface area (TPSA) is 41.6 Å². The summed E-state index contributed by atoms with van der Waals surface area (Å²) in [6, 6.07) is 8.24. The zero-order chi connectivity index (χ0) is 15.0. The molecule has 1 unspecified atom stereocenters. The maximum absolute atomic E-state index is 11.5. The number of likely N-dealkylation sites (N-methyl/N-ethyl adjacent to an activating group) is 1. The number of nitrogens with zero attached hydrogens (tertiary/aromatic N) is 1. The average Bonchev–Trinajstić information content (AvgIpc) is 2.51. The molecule has 0 aliphatic carbocycles. The van der Waals surface area contributed by atoms with E-state index in [-0.39, 0.29) is 11.9 Å². The van der Waals surface area contributed by atoms with E-state index in [0.717, 1.165) is 18.8 Å². The highest BCUT2D eigenvalue weighted by Crippen LogP contribution is 2.23. The standard InChI is InChI=1S/C16H26N2O2/c1-5-16(19)17-12-15(18(6-2)7-3)13-9-8-10-14(11-13)20-4/h8-11,15H,5-7,12H2,1-4H3,(H,17,19). The molecular weight excluding hydrogens is 252 g/mol. The van der Waals surface area contributed by atoms with Crippen molar-refractivity contribution in [1.82, 2.24) is 10.2 Å². The third-order valence-electron chi connectivity index (χ3n) is 3.55. The van der Waals surface area contributed by atoms with Crippen LogP contribution in [0.5, 0.6) is 5.75 Å². The Hall–Kier alpha value is -1.55. The SMILES string of the molecule is CCC(=O)NCC(c1cccc(OC)c1)N(CC)CC. The molecule has 4 heteroatoms. The van der Waals surface area contributed by atoms with Crippen LogP contribution < -0.4 is 10.1 Å². The molecule has 0 aromatic heterocycles. The molecule has 0 bridgehead atoms. The minimum Gasteiger partial charge on any atom is -0.497 e. The molecular formula is C16H26N2O2. The van der Waals surface area contributed by atoms with Crippen LogP contribution >= 0.6 is 0 Å². The summed E-state index contributed by atoms with van der Waals surface area (Å²) in [7, 11) is 1.67. The Balaban J connectivity index is 2.92. The van der Waals surface area contributed by atoms with Crippen LogP contribution in [-0.4, -0.2) is 37.6 Å². The molecule has 20 heavy (non-hydrogen) atoms. The van der Waals surface area contributed by atoms with Crippen LogP contribution in [0.15, 0.2) is 24.3 Å². The van der Waals surface area contributed by atoms with Crippen molar-refractivity contribution in [2.24, 2.45) is 0 Å². The highest BCUT2D eigenvalue weighted by molar-refractivity contribution is 5.75. The van der Waals surface area contributed by atoms with Gasteiger partial charge in [-0.2, -0.15) is 0 Å². The van der Waals surface area contributed by atoms with E-state index >= 15 is 0 Å². The van der Waals surface area contributed by atoms with Crippen LogP contribution in [0, 0.1) is 0 Å². The molecule has 1 aromatic carbocycles. The van der Waals surface area contributed by atoms with Gasteiger partial charge in [0.2, 0.25) is 5.91 Å². The number of carbonyl (C=O) groups excluding carboxylic acids is 1. The highest BCUT2D eigenvalue weighted by Gasteiger charge is 2.19. The molecule has 0 heterocycles. The second-order valence-electron chi connectivity index (χ2n) is 4.67. The zero-order valence-corrected chi connectivity index (χ0v) is 13.0. The fourth-order valence-electron chi connectivity index (χ4n) is 2.31. The van der Waals surface area contributed by atoms with Crippen molar-refractivity contribution >= 4 is 5.91 Å². The van der Waals surface area contributed by atoms with Gasteiger partial charge in [-0.1, -0.05) is 32.9 Å². The normalized spacial score (nSPS) is 12.2. The lowest BCUT2D eigenvalue weighted by molar-refractivity contribution is -0.121. The van der Waals surface area contributed by atoms with Crippen LogP contribution in [0.3, 0.4) is 0 Å². The van der Waals surface area contributed by atoms with Crippen molar-refractivity contribution in [2.75, 3.05) is 26.7 Å². The number of hydrogen-bond acceptors (Lipinski definition) is 3. The monoisotopic (exact) mass is 278 g/mol. The van der Waals surface area contributed by atoms with Crippen LogP contribution in [0.2, 0.25) is 0 Å². The molecule has 1 aromatic rings. The average molecular weight is 278 g/mol. The van der Waals surface area contributed by atoms with Crippen molar-refractivity contribution in [3.05, 3.63) is 29.8 Å². The number of methoxy groups -OCH3 is 1. The van der Waals surface area contributed by atoms with E-state index in [0.29, 0.717) is 13.0 Å². The van der Waals surface area contributed by atoms with Crippen LogP contribution in [-0.2, 0) is 4.79 Å². The summed E-state index contributed by atoms with van der Waals surface area (Å²) in [5, 5.41) is 3.00. The first-order chi connectivity index (χ1) is 9.65. The molecule has 1 rings (SSSR count). The minimum absolute atomic E-state index is 0.0880. The first-order valence-electron chi connectivity index (χ1n) is 7.30. The molecule has 0 spiro atoms. The van der Waals surface area contributed by atoms with Crippen molar-refractivity contribution in [3.8, 4) is 5.75 Å². The van der Waals surface area contributed by atoms with Crippen LogP contribution in [0.4, 0.5) is 0 Å². The van der Waals surface area contributed by atoms with Crippen LogP contribution in [0.25, 0.3) is 0 Å². The summed E-state index contributed by atoms with van der Waals surface area (Å²) in [6.07, 6.45) is 0.517. The van der Waals surface area contributed by atoms with Gasteiger partial charge in [-0.15, -0.1) is 0 Å². The molecule has 0 saturated heterocycles. The molecule has 1 amide bonds. The lowest BCUT2D eigenvalue weighted by atomic mass is 10.0. The highest BCUT2D eigenvalue weighted by atomic mass is 16.5. The van der Waals surface area contributed by atoms with Gasteiger partial charge in [0.05, 0.1) is 13.2 Å². The van der Waals surface area contributed by atoms with Gasteiger partial charge in [0.15, 0.2) is 0 Å². The number of rotatable bonds is 8. The van der Waals surface area contributed by atoms with Gasteiger partial charge in [0, 0.05) is 13.0 Å². The number of nitrogens with one attached hydrogen (secondary N) is 1. The molecule has 112 valence electrons. The number of hydrogen-bond donors (Lipinski definition) is 1. The van der Waals surface area contributed by atoms with E-state index in [1.165, 1.54) is 5.56 Å². The summed E-state index contributed by atoms with van der Waals surface area (Å²) in [5.41, 5.74) is 1.17. The third-order valence-corrected chi connectivity index (χ3v) is 3.55. The molecule has 1 atom stereocenters. The second-order valence-corrected chi connectivity index (χ2v) is 4.67. The zero-order valence-electron chi connectivity index (χ0n) is 13.0. The summed E-state index contributed by atoms with van der Waals surface area (Å²) in [4.78, 5) is 13.9. The molecule has 4 nitrogen and oxygen atoms in total. The molecule has 1 N–H and O–H groups in total. The third kappa shape index (κ3) is 4.53. The fourth-order valence-corrected chi connectivity index (χ4v) is 2.31. The van der Waals surface area contributed by atoms with E-state index < -0.39 is 0 Å². The predicted octanol–water partition coefficient (Wildman–Crippen LogP) is 2.60. The van der Waals surface area contributed by atoms with Crippen molar-refractivity contribution in [1.29, 1.82) is 0 Å². The maximum Gasteiger partial charge on any atom is 0.219 e. The number of benzene rings is 1. The molecule has 0 radical (unpaired) electrons.